The number of para-hydroxylation sites is 2. The topological polar surface area (TPSA) is 56.0 Å². The van der Waals surface area contributed by atoms with Crippen LogP contribution in [0.25, 0.3) is 11.0 Å². The van der Waals surface area contributed by atoms with Crippen molar-refractivity contribution in [2.24, 2.45) is 0 Å². The number of piperidine rings is 1. The standard InChI is InChI=1S/C19H23N5O/c25-19(13-23-15-21-17-6-1-2-7-18(17)23)24-10-4-3-5-16(24)8-11-22-12-9-20-14-22/h1-2,6-7,9,12,14-16H,3-5,8,10-11,13H2/t16-/m0/s1. The molecule has 1 atom stereocenters. The van der Waals surface area contributed by atoms with Crippen LogP contribution in [0.15, 0.2) is 49.3 Å². The largest absolute Gasteiger partial charge is 0.338 e. The molecule has 1 aromatic carbocycles. The SMILES string of the molecule is O=C(Cn1cnc2ccccc21)N1CCCC[C@H]1CCn1ccnc1. The minimum atomic E-state index is 0.193. The smallest absolute Gasteiger partial charge is 0.242 e. The Morgan fingerprint density at radius 1 is 1.20 bits per heavy atom. The lowest BCUT2D eigenvalue weighted by molar-refractivity contribution is -0.135. The maximum absolute atomic E-state index is 12.9. The van der Waals surface area contributed by atoms with Crippen molar-refractivity contribution >= 4 is 16.9 Å². The summed E-state index contributed by atoms with van der Waals surface area (Å²) in [6.45, 7) is 2.13. The van der Waals surface area contributed by atoms with E-state index in [-0.39, 0.29) is 5.91 Å². The Morgan fingerprint density at radius 3 is 3.00 bits per heavy atom. The molecule has 0 radical (unpaired) electrons. The molecule has 25 heavy (non-hydrogen) atoms. The zero-order valence-electron chi connectivity index (χ0n) is 14.3. The molecule has 0 saturated carbocycles. The third-order valence-corrected chi connectivity index (χ3v) is 5.06. The summed E-state index contributed by atoms with van der Waals surface area (Å²) >= 11 is 0. The number of benzene rings is 1. The molecular formula is C19H23N5O. The van der Waals surface area contributed by atoms with Crippen LogP contribution in [-0.2, 0) is 17.9 Å². The molecule has 6 heteroatoms. The van der Waals surface area contributed by atoms with E-state index >= 15 is 0 Å². The van der Waals surface area contributed by atoms with Crippen molar-refractivity contribution in [2.75, 3.05) is 6.54 Å². The van der Waals surface area contributed by atoms with Gasteiger partial charge in [-0.1, -0.05) is 12.1 Å². The van der Waals surface area contributed by atoms with E-state index < -0.39 is 0 Å². The average Bonchev–Trinajstić information content (AvgIpc) is 3.30. The molecule has 0 spiro atoms. The van der Waals surface area contributed by atoms with Gasteiger partial charge in [0, 0.05) is 31.5 Å². The van der Waals surface area contributed by atoms with Crippen LogP contribution in [0.2, 0.25) is 0 Å². The molecular weight excluding hydrogens is 314 g/mol. The first-order chi connectivity index (χ1) is 12.3. The summed E-state index contributed by atoms with van der Waals surface area (Å²) < 4.78 is 4.04. The summed E-state index contributed by atoms with van der Waals surface area (Å²) in [5, 5.41) is 0. The Balaban J connectivity index is 1.45. The Kier molecular flexibility index (Phi) is 4.50. The van der Waals surface area contributed by atoms with Gasteiger partial charge in [-0.2, -0.15) is 0 Å². The zero-order valence-corrected chi connectivity index (χ0v) is 14.3. The van der Waals surface area contributed by atoms with Crippen molar-refractivity contribution in [3.63, 3.8) is 0 Å². The van der Waals surface area contributed by atoms with Crippen molar-refractivity contribution < 1.29 is 4.79 Å². The first-order valence-corrected chi connectivity index (χ1v) is 8.96. The van der Waals surface area contributed by atoms with Gasteiger partial charge in [0.15, 0.2) is 0 Å². The summed E-state index contributed by atoms with van der Waals surface area (Å²) in [5.74, 6) is 0.193. The number of aromatic nitrogens is 4. The maximum atomic E-state index is 12.9. The fourth-order valence-corrected chi connectivity index (χ4v) is 3.72. The third-order valence-electron chi connectivity index (χ3n) is 5.06. The van der Waals surface area contributed by atoms with E-state index in [9.17, 15) is 4.79 Å². The average molecular weight is 337 g/mol. The molecule has 1 saturated heterocycles. The minimum absolute atomic E-state index is 0.193. The Hall–Kier alpha value is -2.63. The quantitative estimate of drug-likeness (QED) is 0.719. The first-order valence-electron chi connectivity index (χ1n) is 8.96. The van der Waals surface area contributed by atoms with E-state index in [4.69, 9.17) is 0 Å². The lowest BCUT2D eigenvalue weighted by Gasteiger charge is -2.36. The Morgan fingerprint density at radius 2 is 2.12 bits per heavy atom. The fourth-order valence-electron chi connectivity index (χ4n) is 3.72. The number of nitrogens with zero attached hydrogens (tertiary/aromatic N) is 5. The first kappa shape index (κ1) is 15.9. The van der Waals surface area contributed by atoms with E-state index in [0.29, 0.717) is 12.6 Å². The lowest BCUT2D eigenvalue weighted by Crippen LogP contribution is -2.45. The molecule has 3 aromatic rings. The molecule has 2 aromatic heterocycles. The van der Waals surface area contributed by atoms with E-state index in [2.05, 4.69) is 19.4 Å². The van der Waals surface area contributed by atoms with Crippen LogP contribution in [0, 0.1) is 0 Å². The number of amides is 1. The molecule has 0 N–H and O–H groups in total. The highest BCUT2D eigenvalue weighted by molar-refractivity contribution is 5.80. The van der Waals surface area contributed by atoms with Crippen molar-refractivity contribution in [3.05, 3.63) is 49.3 Å². The molecule has 0 bridgehead atoms. The van der Waals surface area contributed by atoms with Gasteiger partial charge >= 0.3 is 0 Å². The van der Waals surface area contributed by atoms with Crippen LogP contribution in [0.5, 0.6) is 0 Å². The van der Waals surface area contributed by atoms with Crippen molar-refractivity contribution in [1.29, 1.82) is 0 Å². The number of fused-ring (bicyclic) bond motifs is 1. The molecule has 1 amide bonds. The number of carbonyl (C=O) groups excluding carboxylic acids is 1. The monoisotopic (exact) mass is 337 g/mol. The number of likely N-dealkylation sites (tertiary alicyclic amines) is 1. The number of imidazole rings is 2. The normalized spacial score (nSPS) is 17.9. The molecule has 6 nitrogen and oxygen atoms in total. The molecule has 3 heterocycles. The van der Waals surface area contributed by atoms with E-state index in [1.165, 1.54) is 6.42 Å². The van der Waals surface area contributed by atoms with Gasteiger partial charge in [-0.15, -0.1) is 0 Å². The molecule has 0 aliphatic carbocycles. The van der Waals surface area contributed by atoms with Gasteiger partial charge in [0.25, 0.3) is 0 Å². The van der Waals surface area contributed by atoms with Crippen molar-refractivity contribution in [3.8, 4) is 0 Å². The number of carbonyl (C=O) groups is 1. The van der Waals surface area contributed by atoms with Crippen LogP contribution in [0.4, 0.5) is 0 Å². The van der Waals surface area contributed by atoms with Gasteiger partial charge < -0.3 is 14.0 Å². The molecule has 0 unspecified atom stereocenters. The molecule has 1 fully saturated rings. The number of hydrogen-bond donors (Lipinski definition) is 0. The molecule has 1 aliphatic rings. The van der Waals surface area contributed by atoms with E-state index in [1.54, 1.807) is 12.5 Å². The van der Waals surface area contributed by atoms with Gasteiger partial charge in [0.05, 0.1) is 23.7 Å². The zero-order chi connectivity index (χ0) is 17.1. The number of aryl methyl sites for hydroxylation is 1. The number of rotatable bonds is 5. The summed E-state index contributed by atoms with van der Waals surface area (Å²) in [5.41, 5.74) is 1.95. The Labute approximate surface area is 147 Å². The highest BCUT2D eigenvalue weighted by Gasteiger charge is 2.26. The van der Waals surface area contributed by atoms with Crippen LogP contribution in [0.1, 0.15) is 25.7 Å². The lowest BCUT2D eigenvalue weighted by atomic mass is 9.99. The van der Waals surface area contributed by atoms with Crippen molar-refractivity contribution in [1.82, 2.24) is 24.0 Å². The van der Waals surface area contributed by atoms with Gasteiger partial charge in [0.2, 0.25) is 5.91 Å². The van der Waals surface area contributed by atoms with Crippen LogP contribution >= 0.6 is 0 Å². The van der Waals surface area contributed by atoms with E-state index in [1.807, 2.05) is 41.4 Å². The van der Waals surface area contributed by atoms with Crippen LogP contribution in [-0.4, -0.2) is 42.5 Å². The van der Waals surface area contributed by atoms with Gasteiger partial charge in [0.1, 0.15) is 6.54 Å². The van der Waals surface area contributed by atoms with Gasteiger partial charge in [-0.3, -0.25) is 4.79 Å². The summed E-state index contributed by atoms with van der Waals surface area (Å²) in [6.07, 6.45) is 11.8. The predicted octanol–water partition coefficient (Wildman–Crippen LogP) is 2.70. The van der Waals surface area contributed by atoms with E-state index in [0.717, 1.165) is 43.4 Å². The third kappa shape index (κ3) is 3.43. The number of hydrogen-bond acceptors (Lipinski definition) is 3. The molecule has 1 aliphatic heterocycles. The van der Waals surface area contributed by atoms with Crippen LogP contribution in [0.3, 0.4) is 0 Å². The second kappa shape index (κ2) is 7.09. The molecule has 4 rings (SSSR count). The van der Waals surface area contributed by atoms with Gasteiger partial charge in [-0.05, 0) is 37.8 Å². The Bertz CT molecular complexity index is 839. The molecule has 130 valence electrons. The van der Waals surface area contributed by atoms with Crippen LogP contribution < -0.4 is 0 Å². The highest BCUT2D eigenvalue weighted by atomic mass is 16.2. The van der Waals surface area contributed by atoms with Crippen molar-refractivity contribution in [2.45, 2.75) is 44.8 Å². The summed E-state index contributed by atoms with van der Waals surface area (Å²) in [7, 11) is 0. The highest BCUT2D eigenvalue weighted by Crippen LogP contribution is 2.21. The maximum Gasteiger partial charge on any atom is 0.242 e. The predicted molar refractivity (Wildman–Crippen MR) is 95.9 cm³/mol. The summed E-state index contributed by atoms with van der Waals surface area (Å²) in [6, 6.07) is 8.27. The minimum Gasteiger partial charge on any atom is -0.338 e. The second-order valence-corrected chi connectivity index (χ2v) is 6.69. The fraction of sp³-hybridized carbons (Fsp3) is 0.421. The summed E-state index contributed by atoms with van der Waals surface area (Å²) in [4.78, 5) is 23.5. The van der Waals surface area contributed by atoms with Gasteiger partial charge in [-0.25, -0.2) is 9.97 Å². The second-order valence-electron chi connectivity index (χ2n) is 6.69.